The lowest BCUT2D eigenvalue weighted by Crippen LogP contribution is -2.43. The fraction of sp³-hybridized carbons (Fsp3) is 0.467. The Kier molecular flexibility index (Phi) is 5.07. The summed E-state index contributed by atoms with van der Waals surface area (Å²) in [5.74, 6) is -1.71. The smallest absolute Gasteiger partial charge is 0.264 e. The van der Waals surface area contributed by atoms with Crippen LogP contribution in [0.15, 0.2) is 23.4 Å². The summed E-state index contributed by atoms with van der Waals surface area (Å²) in [5, 5.41) is 15.4. The van der Waals surface area contributed by atoms with Crippen LogP contribution < -0.4 is 5.32 Å². The van der Waals surface area contributed by atoms with E-state index in [9.17, 15) is 13.6 Å². The fourth-order valence-corrected chi connectivity index (χ4v) is 2.01. The molecule has 5 nitrogen and oxygen atoms in total. The third-order valence-corrected chi connectivity index (χ3v) is 3.71. The summed E-state index contributed by atoms with van der Waals surface area (Å²) in [4.78, 5) is 17.1. The number of carbonyl (C=O) groups excluding carboxylic acids is 1. The van der Waals surface area contributed by atoms with Gasteiger partial charge in [0.2, 0.25) is 6.10 Å². The minimum Gasteiger partial charge on any atom is -0.396 e. The van der Waals surface area contributed by atoms with E-state index in [1.165, 1.54) is 0 Å². The van der Waals surface area contributed by atoms with E-state index >= 15 is 0 Å². The first-order valence-corrected chi connectivity index (χ1v) is 7.01. The lowest BCUT2D eigenvalue weighted by atomic mass is 10.0. The molecule has 7 heteroatoms. The zero-order chi connectivity index (χ0) is 16.3. The molecule has 0 aliphatic carbocycles. The molecule has 1 heterocycles. The maximum absolute atomic E-state index is 13.7. The van der Waals surface area contributed by atoms with Crippen LogP contribution in [-0.4, -0.2) is 35.5 Å². The molecule has 1 amide bonds. The summed E-state index contributed by atoms with van der Waals surface area (Å²) in [6.45, 7) is 3.51. The average molecular weight is 312 g/mol. The molecule has 0 aromatic heterocycles. The molecule has 1 aliphatic rings. The van der Waals surface area contributed by atoms with Gasteiger partial charge in [0.25, 0.3) is 5.91 Å². The molecule has 0 unspecified atom stereocenters. The summed E-state index contributed by atoms with van der Waals surface area (Å²) in [6.07, 6.45) is -0.821. The first kappa shape index (κ1) is 16.4. The van der Waals surface area contributed by atoms with Gasteiger partial charge >= 0.3 is 0 Å². The quantitative estimate of drug-likeness (QED) is 0.867. The largest absolute Gasteiger partial charge is 0.396 e. The molecule has 120 valence electrons. The summed E-state index contributed by atoms with van der Waals surface area (Å²) in [5.41, 5.74) is 0.187. The van der Waals surface area contributed by atoms with E-state index in [-0.39, 0.29) is 36.3 Å². The molecule has 3 atom stereocenters. The average Bonchev–Trinajstić information content (AvgIpc) is 2.98. The molecule has 2 rings (SSSR count). The number of nitrogens with one attached hydrogen (secondary N) is 1. The maximum Gasteiger partial charge on any atom is 0.264 e. The Morgan fingerprint density at radius 2 is 2.23 bits per heavy atom. The zero-order valence-electron chi connectivity index (χ0n) is 12.3. The molecule has 1 aromatic carbocycles. The number of hydrogen-bond acceptors (Lipinski definition) is 4. The Balaban J connectivity index is 2.00. The number of aliphatic hydroxyl groups is 1. The second kappa shape index (κ2) is 6.83. The van der Waals surface area contributed by atoms with Gasteiger partial charge in [0.15, 0.2) is 0 Å². The van der Waals surface area contributed by atoms with E-state index in [1.807, 2.05) is 0 Å². The lowest BCUT2D eigenvalue weighted by molar-refractivity contribution is -0.132. The minimum atomic E-state index is -0.883. The summed E-state index contributed by atoms with van der Waals surface area (Å²) < 4.78 is 26.9. The predicted octanol–water partition coefficient (Wildman–Crippen LogP) is 1.59. The Morgan fingerprint density at radius 3 is 2.91 bits per heavy atom. The number of halogens is 2. The monoisotopic (exact) mass is 312 g/mol. The highest BCUT2D eigenvalue weighted by Crippen LogP contribution is 2.20. The van der Waals surface area contributed by atoms with Crippen molar-refractivity contribution in [2.45, 2.75) is 32.4 Å². The van der Waals surface area contributed by atoms with Gasteiger partial charge in [-0.25, -0.2) is 8.78 Å². The van der Waals surface area contributed by atoms with Crippen LogP contribution in [0.1, 0.15) is 25.8 Å². The van der Waals surface area contributed by atoms with Gasteiger partial charge in [-0.15, -0.1) is 0 Å². The van der Waals surface area contributed by atoms with Crippen molar-refractivity contribution in [3.05, 3.63) is 35.4 Å². The van der Waals surface area contributed by atoms with Crippen LogP contribution in [0, 0.1) is 17.6 Å². The van der Waals surface area contributed by atoms with Gasteiger partial charge in [0.05, 0.1) is 5.71 Å². The van der Waals surface area contributed by atoms with Gasteiger partial charge in [0.1, 0.15) is 11.6 Å². The van der Waals surface area contributed by atoms with Crippen LogP contribution in [0.3, 0.4) is 0 Å². The molecule has 0 radical (unpaired) electrons. The Hall–Kier alpha value is -2.02. The van der Waals surface area contributed by atoms with Gasteiger partial charge in [0, 0.05) is 24.6 Å². The van der Waals surface area contributed by atoms with Gasteiger partial charge in [-0.2, -0.15) is 0 Å². The van der Waals surface area contributed by atoms with E-state index < -0.39 is 23.6 Å². The third kappa shape index (κ3) is 3.59. The molecule has 22 heavy (non-hydrogen) atoms. The first-order chi connectivity index (χ1) is 10.4. The highest BCUT2D eigenvalue weighted by molar-refractivity contribution is 6.04. The van der Waals surface area contributed by atoms with Crippen molar-refractivity contribution in [3.8, 4) is 0 Å². The number of aliphatic hydroxyl groups excluding tert-OH is 1. The lowest BCUT2D eigenvalue weighted by Gasteiger charge is -2.20. The van der Waals surface area contributed by atoms with Gasteiger partial charge in [-0.05, 0) is 31.0 Å². The summed E-state index contributed by atoms with van der Waals surface area (Å²) in [7, 11) is 0. The van der Waals surface area contributed by atoms with Gasteiger partial charge in [-0.1, -0.05) is 12.1 Å². The second-order valence-corrected chi connectivity index (χ2v) is 5.42. The Bertz CT molecular complexity index is 592. The first-order valence-electron chi connectivity index (χ1n) is 7.01. The van der Waals surface area contributed by atoms with Crippen LogP contribution in [0.5, 0.6) is 0 Å². The van der Waals surface area contributed by atoms with Crippen molar-refractivity contribution in [1.82, 2.24) is 5.32 Å². The highest BCUT2D eigenvalue weighted by atomic mass is 19.1. The number of nitrogens with zero attached hydrogens (tertiary/aromatic N) is 1. The van der Waals surface area contributed by atoms with Crippen LogP contribution >= 0.6 is 0 Å². The van der Waals surface area contributed by atoms with E-state index in [2.05, 4.69) is 10.5 Å². The van der Waals surface area contributed by atoms with Crippen LogP contribution in [0.25, 0.3) is 0 Å². The summed E-state index contributed by atoms with van der Waals surface area (Å²) >= 11 is 0. The van der Waals surface area contributed by atoms with E-state index in [0.717, 1.165) is 18.2 Å². The molecule has 2 N–H and O–H groups in total. The van der Waals surface area contributed by atoms with Gasteiger partial charge < -0.3 is 15.3 Å². The Morgan fingerprint density at radius 1 is 1.50 bits per heavy atom. The van der Waals surface area contributed by atoms with Crippen molar-refractivity contribution in [1.29, 1.82) is 0 Å². The molecule has 0 fully saturated rings. The minimum absolute atomic E-state index is 0.00734. The number of hydrogen-bond donors (Lipinski definition) is 2. The van der Waals surface area contributed by atoms with Crippen molar-refractivity contribution < 1.29 is 23.5 Å². The van der Waals surface area contributed by atoms with Crippen molar-refractivity contribution in [3.63, 3.8) is 0 Å². The maximum atomic E-state index is 13.7. The van der Waals surface area contributed by atoms with Crippen LogP contribution in [-0.2, 0) is 9.63 Å². The number of amides is 1. The second-order valence-electron chi connectivity index (χ2n) is 5.42. The topological polar surface area (TPSA) is 70.9 Å². The van der Waals surface area contributed by atoms with Gasteiger partial charge in [-0.3, -0.25) is 4.79 Å². The SMILES string of the molecule is C[C@H](CO)[C@@H](C)NC(=O)[C@@H]1CC(c2cc(F)ccc2F)=NO1. The predicted molar refractivity (Wildman–Crippen MR) is 76.2 cm³/mol. The highest BCUT2D eigenvalue weighted by Gasteiger charge is 2.31. The molecule has 0 spiro atoms. The normalized spacial score (nSPS) is 20.0. The zero-order valence-corrected chi connectivity index (χ0v) is 12.3. The number of carbonyl (C=O) groups is 1. The third-order valence-electron chi connectivity index (χ3n) is 3.71. The number of benzene rings is 1. The molecular formula is C15H18F2N2O3. The standard InChI is InChI=1S/C15H18F2N2O3/c1-8(7-20)9(2)18-15(21)14-6-13(19-22-14)11-5-10(16)3-4-12(11)17/h3-5,8-9,14,20H,6-7H2,1-2H3,(H,18,21)/t8-,9-,14+/m1/s1. The molecule has 0 saturated heterocycles. The number of rotatable bonds is 5. The van der Waals surface area contributed by atoms with Crippen molar-refractivity contribution in [2.24, 2.45) is 11.1 Å². The van der Waals surface area contributed by atoms with E-state index in [4.69, 9.17) is 9.94 Å². The molecule has 1 aromatic rings. The van der Waals surface area contributed by atoms with Crippen LogP contribution in [0.4, 0.5) is 8.78 Å². The Labute approximate surface area is 127 Å². The summed E-state index contributed by atoms with van der Waals surface area (Å²) in [6, 6.07) is 2.80. The molecular weight excluding hydrogens is 294 g/mol. The van der Waals surface area contributed by atoms with E-state index in [0.29, 0.717) is 0 Å². The number of oxime groups is 1. The van der Waals surface area contributed by atoms with Crippen molar-refractivity contribution >= 4 is 11.6 Å². The molecule has 0 bridgehead atoms. The fourth-order valence-electron chi connectivity index (χ4n) is 2.01. The van der Waals surface area contributed by atoms with Crippen molar-refractivity contribution in [2.75, 3.05) is 6.61 Å². The molecule has 0 saturated carbocycles. The molecule has 1 aliphatic heterocycles. The van der Waals surface area contributed by atoms with Crippen LogP contribution in [0.2, 0.25) is 0 Å². The van der Waals surface area contributed by atoms with E-state index in [1.54, 1.807) is 13.8 Å².